The van der Waals surface area contributed by atoms with Crippen LogP contribution in [0.5, 0.6) is 5.88 Å². The normalized spacial score (nSPS) is 14.5. The largest absolute Gasteiger partial charge is 0.493 e. The number of nitrogen functional groups attached to an aromatic ring is 1. The van der Waals surface area contributed by atoms with Gasteiger partial charge in [-0.25, -0.2) is 14.8 Å². The van der Waals surface area contributed by atoms with Gasteiger partial charge in [-0.05, 0) is 42.5 Å². The van der Waals surface area contributed by atoms with Gasteiger partial charge in [-0.1, -0.05) is 42.4 Å². The minimum absolute atomic E-state index is 0.140. The quantitative estimate of drug-likeness (QED) is 0.205. The van der Waals surface area contributed by atoms with Gasteiger partial charge in [0.15, 0.2) is 11.4 Å². The number of nitrogens with zero attached hydrogens (tertiary/aromatic N) is 5. The van der Waals surface area contributed by atoms with Crippen LogP contribution in [-0.4, -0.2) is 61.2 Å². The molecular formula is C27H27ClN8O5S. The van der Waals surface area contributed by atoms with E-state index >= 15 is 0 Å². The first-order valence-electron chi connectivity index (χ1n) is 12.9. The average molecular weight is 611 g/mol. The molecule has 5 rings (SSSR count). The first-order valence-corrected chi connectivity index (χ1v) is 14.1. The standard InChI is InChI=1S/C27H27ClN8O5S/c1-27(14-31-26(40)41)8-11-35(12-9-27)18-13-30-24(21(29)33-18)42-16-6-4-5-15(20(16)28)32-22(37)19-23(38)34-17-7-2-3-10-36(17)25(19)39/h2-7,10,13,31,38H,8-9,11-12,14H2,1H3,(H2,29,33)(H,32,37)(H,40,41). The molecule has 0 atom stereocenters. The van der Waals surface area contributed by atoms with Crippen molar-refractivity contribution in [3.63, 3.8) is 0 Å². The summed E-state index contributed by atoms with van der Waals surface area (Å²) in [6, 6.07) is 9.74. The summed E-state index contributed by atoms with van der Waals surface area (Å²) in [5.74, 6) is -0.743. The molecule has 1 aliphatic heterocycles. The number of piperidine rings is 1. The number of aromatic nitrogens is 4. The number of halogens is 1. The average Bonchev–Trinajstić information content (AvgIpc) is 2.95. The zero-order valence-corrected chi connectivity index (χ0v) is 23.9. The van der Waals surface area contributed by atoms with Crippen molar-refractivity contribution in [1.82, 2.24) is 24.7 Å². The molecule has 0 radical (unpaired) electrons. The molecule has 1 saturated heterocycles. The summed E-state index contributed by atoms with van der Waals surface area (Å²) in [7, 11) is 0. The molecule has 0 saturated carbocycles. The predicted molar refractivity (Wildman–Crippen MR) is 159 cm³/mol. The second-order valence-corrected chi connectivity index (χ2v) is 11.5. The monoisotopic (exact) mass is 610 g/mol. The minimum Gasteiger partial charge on any atom is -0.493 e. The van der Waals surface area contributed by atoms with Crippen LogP contribution in [0.1, 0.15) is 30.1 Å². The van der Waals surface area contributed by atoms with Crippen molar-refractivity contribution in [3.8, 4) is 5.88 Å². The summed E-state index contributed by atoms with van der Waals surface area (Å²) in [6.45, 7) is 3.80. The van der Waals surface area contributed by atoms with E-state index < -0.39 is 29.0 Å². The highest BCUT2D eigenvalue weighted by Gasteiger charge is 2.31. The fraction of sp³-hybridized carbons (Fsp3) is 0.259. The van der Waals surface area contributed by atoms with Crippen LogP contribution >= 0.6 is 23.4 Å². The number of carbonyl (C=O) groups is 2. The Kier molecular flexibility index (Phi) is 8.09. The Labute approximate surface area is 248 Å². The molecule has 0 unspecified atom stereocenters. The number of hydrogen-bond donors (Lipinski definition) is 5. The number of benzene rings is 1. The first kappa shape index (κ1) is 29.0. The third kappa shape index (κ3) is 6.04. The summed E-state index contributed by atoms with van der Waals surface area (Å²) in [5, 5.41) is 24.8. The number of carboxylic acid groups (broad SMARTS) is 1. The molecule has 0 spiro atoms. The van der Waals surface area contributed by atoms with Gasteiger partial charge >= 0.3 is 6.09 Å². The number of nitrogens with one attached hydrogen (secondary N) is 2. The van der Waals surface area contributed by atoms with Crippen LogP contribution in [0.15, 0.2) is 63.5 Å². The van der Waals surface area contributed by atoms with Gasteiger partial charge in [-0.2, -0.15) is 4.98 Å². The van der Waals surface area contributed by atoms with E-state index in [9.17, 15) is 19.5 Å². The number of aromatic hydroxyl groups is 1. The molecule has 4 aromatic rings. The SMILES string of the molecule is CC1(CNC(=O)O)CCN(c2cnc(Sc3cccc(NC(=O)c4c(O)nc5ccccn5c4=O)c3Cl)c(N)n2)CC1. The summed E-state index contributed by atoms with van der Waals surface area (Å²) in [6.07, 6.45) is 3.59. The van der Waals surface area contributed by atoms with Gasteiger partial charge in [-0.3, -0.25) is 14.0 Å². The topological polar surface area (TPSA) is 188 Å². The third-order valence-electron chi connectivity index (χ3n) is 7.07. The van der Waals surface area contributed by atoms with Gasteiger partial charge in [0.1, 0.15) is 16.5 Å². The smallest absolute Gasteiger partial charge is 0.404 e. The lowest BCUT2D eigenvalue weighted by atomic mass is 9.80. The number of amides is 2. The van der Waals surface area contributed by atoms with Gasteiger partial charge in [-0.15, -0.1) is 0 Å². The van der Waals surface area contributed by atoms with E-state index in [4.69, 9.17) is 22.4 Å². The molecule has 42 heavy (non-hydrogen) atoms. The Morgan fingerprint density at radius 1 is 1.17 bits per heavy atom. The van der Waals surface area contributed by atoms with Crippen molar-refractivity contribution in [1.29, 1.82) is 0 Å². The van der Waals surface area contributed by atoms with E-state index in [-0.39, 0.29) is 27.6 Å². The van der Waals surface area contributed by atoms with Crippen LogP contribution < -0.4 is 26.8 Å². The van der Waals surface area contributed by atoms with Crippen LogP contribution in [0.25, 0.3) is 5.65 Å². The van der Waals surface area contributed by atoms with Crippen LogP contribution in [-0.2, 0) is 0 Å². The van der Waals surface area contributed by atoms with Gasteiger partial charge < -0.3 is 31.5 Å². The molecule has 15 heteroatoms. The Hall–Kier alpha value is -4.56. The van der Waals surface area contributed by atoms with Crippen molar-refractivity contribution in [2.24, 2.45) is 5.41 Å². The zero-order chi connectivity index (χ0) is 30.0. The van der Waals surface area contributed by atoms with Gasteiger partial charge in [0, 0.05) is 30.7 Å². The van der Waals surface area contributed by atoms with E-state index in [2.05, 4.69) is 37.4 Å². The van der Waals surface area contributed by atoms with Crippen LogP contribution in [0.2, 0.25) is 5.02 Å². The number of hydrogen-bond acceptors (Lipinski definition) is 10. The Balaban J connectivity index is 1.29. The number of rotatable bonds is 7. The summed E-state index contributed by atoms with van der Waals surface area (Å²) >= 11 is 7.76. The van der Waals surface area contributed by atoms with Gasteiger partial charge in [0.25, 0.3) is 11.5 Å². The van der Waals surface area contributed by atoms with Crippen LogP contribution in [0.4, 0.5) is 22.1 Å². The lowest BCUT2D eigenvalue weighted by Crippen LogP contribution is -2.44. The molecule has 4 heterocycles. The van der Waals surface area contributed by atoms with Crippen LogP contribution in [0, 0.1) is 5.41 Å². The maximum Gasteiger partial charge on any atom is 0.404 e. The summed E-state index contributed by atoms with van der Waals surface area (Å²) in [4.78, 5) is 52.3. The molecule has 218 valence electrons. The highest BCUT2D eigenvalue weighted by Crippen LogP contribution is 2.39. The Morgan fingerprint density at radius 3 is 2.64 bits per heavy atom. The molecular weight excluding hydrogens is 584 g/mol. The van der Waals surface area contributed by atoms with E-state index in [0.29, 0.717) is 35.4 Å². The second-order valence-electron chi connectivity index (χ2n) is 10.1. The summed E-state index contributed by atoms with van der Waals surface area (Å²) in [5.41, 5.74) is 5.27. The number of nitrogens with two attached hydrogens (primary N) is 1. The fourth-order valence-electron chi connectivity index (χ4n) is 4.61. The highest BCUT2D eigenvalue weighted by atomic mass is 35.5. The van der Waals surface area contributed by atoms with Crippen molar-refractivity contribution < 1.29 is 19.8 Å². The molecule has 0 bridgehead atoms. The maximum absolute atomic E-state index is 13.0. The van der Waals surface area contributed by atoms with Crippen LogP contribution in [0.3, 0.4) is 0 Å². The first-order chi connectivity index (χ1) is 20.0. The number of fused-ring (bicyclic) bond motifs is 1. The van der Waals surface area contributed by atoms with Gasteiger partial charge in [0.2, 0.25) is 5.88 Å². The van der Waals surface area contributed by atoms with Crippen molar-refractivity contribution >= 4 is 58.3 Å². The molecule has 1 aromatic carbocycles. The lowest BCUT2D eigenvalue weighted by molar-refractivity contribution is 0.102. The molecule has 0 aliphatic carbocycles. The molecule has 1 aliphatic rings. The van der Waals surface area contributed by atoms with E-state index in [1.807, 2.05) is 0 Å². The lowest BCUT2D eigenvalue weighted by Gasteiger charge is -2.39. The molecule has 1 fully saturated rings. The molecule has 2 amide bonds. The van der Waals surface area contributed by atoms with Crippen molar-refractivity contribution in [2.45, 2.75) is 29.7 Å². The third-order valence-corrected chi connectivity index (χ3v) is 8.66. The predicted octanol–water partition coefficient (Wildman–Crippen LogP) is 3.70. The molecule has 13 nitrogen and oxygen atoms in total. The Morgan fingerprint density at radius 2 is 1.93 bits per heavy atom. The van der Waals surface area contributed by atoms with Gasteiger partial charge in [0.05, 0.1) is 16.9 Å². The summed E-state index contributed by atoms with van der Waals surface area (Å²) < 4.78 is 1.16. The van der Waals surface area contributed by atoms with Crippen molar-refractivity contribution in [3.05, 3.63) is 69.7 Å². The van der Waals surface area contributed by atoms with E-state index in [1.54, 1.807) is 36.5 Å². The van der Waals surface area contributed by atoms with Crippen molar-refractivity contribution in [2.75, 3.05) is 35.6 Å². The highest BCUT2D eigenvalue weighted by molar-refractivity contribution is 7.99. The van der Waals surface area contributed by atoms with E-state index in [1.165, 1.54) is 12.3 Å². The molecule has 3 aromatic heterocycles. The minimum atomic E-state index is -1.03. The molecule has 6 N–H and O–H groups in total. The Bertz CT molecular complexity index is 1740. The number of anilines is 3. The second kappa shape index (κ2) is 11.7. The maximum atomic E-state index is 13.0. The fourth-order valence-corrected chi connectivity index (χ4v) is 5.71. The number of carbonyl (C=O) groups excluding carboxylic acids is 1. The van der Waals surface area contributed by atoms with E-state index in [0.717, 1.165) is 29.0 Å². The number of pyridine rings is 1. The zero-order valence-electron chi connectivity index (χ0n) is 22.4.